The minimum atomic E-state index is 0.0176. The van der Waals surface area contributed by atoms with Crippen LogP contribution in [0.1, 0.15) is 30.9 Å². The van der Waals surface area contributed by atoms with Gasteiger partial charge in [0.2, 0.25) is 5.91 Å². The van der Waals surface area contributed by atoms with Crippen LogP contribution in [-0.2, 0) is 11.3 Å². The molecule has 2 N–H and O–H groups in total. The van der Waals surface area contributed by atoms with Crippen molar-refractivity contribution in [2.45, 2.75) is 26.3 Å². The Balaban J connectivity index is 1.66. The maximum absolute atomic E-state index is 12.4. The molecule has 126 valence electrons. The zero-order chi connectivity index (χ0) is 16.9. The highest BCUT2D eigenvalue weighted by Crippen LogP contribution is 2.22. The van der Waals surface area contributed by atoms with Crippen molar-refractivity contribution in [1.29, 1.82) is 0 Å². The zero-order valence-corrected chi connectivity index (χ0v) is 14.4. The summed E-state index contributed by atoms with van der Waals surface area (Å²) in [7, 11) is 0. The number of hydrogen-bond acceptors (Lipinski definition) is 3. The normalized spacial score (nSPS) is 14.2. The van der Waals surface area contributed by atoms with Crippen molar-refractivity contribution in [3.05, 3.63) is 59.7 Å². The summed E-state index contributed by atoms with van der Waals surface area (Å²) < 4.78 is 0. The first-order valence-corrected chi connectivity index (χ1v) is 8.57. The number of fused-ring (bicyclic) bond motifs is 1. The number of nitrogens with one attached hydrogen (secondary N) is 2. The van der Waals surface area contributed by atoms with Crippen molar-refractivity contribution >= 4 is 17.3 Å². The number of nitrogens with zero attached hydrogens (tertiary/aromatic N) is 1. The second-order valence-electron chi connectivity index (χ2n) is 6.55. The third-order valence-electron chi connectivity index (χ3n) is 4.40. The van der Waals surface area contributed by atoms with Gasteiger partial charge in [-0.15, -0.1) is 0 Å². The minimum absolute atomic E-state index is 0.0176. The van der Waals surface area contributed by atoms with Crippen LogP contribution in [-0.4, -0.2) is 25.5 Å². The fraction of sp³-hybridized carbons (Fsp3) is 0.350. The molecule has 0 bridgehead atoms. The summed E-state index contributed by atoms with van der Waals surface area (Å²) >= 11 is 0. The lowest BCUT2D eigenvalue weighted by molar-refractivity contribution is -0.115. The van der Waals surface area contributed by atoms with Gasteiger partial charge in [0.25, 0.3) is 0 Å². The van der Waals surface area contributed by atoms with Crippen molar-refractivity contribution < 1.29 is 4.79 Å². The summed E-state index contributed by atoms with van der Waals surface area (Å²) in [4.78, 5) is 14.6. The van der Waals surface area contributed by atoms with Gasteiger partial charge in [-0.05, 0) is 35.2 Å². The van der Waals surface area contributed by atoms with E-state index in [1.807, 2.05) is 24.3 Å². The molecule has 0 unspecified atom stereocenters. The van der Waals surface area contributed by atoms with Crippen LogP contribution in [0.3, 0.4) is 0 Å². The van der Waals surface area contributed by atoms with E-state index in [2.05, 4.69) is 53.6 Å². The van der Waals surface area contributed by atoms with Gasteiger partial charge < -0.3 is 15.5 Å². The van der Waals surface area contributed by atoms with E-state index in [9.17, 15) is 4.79 Å². The number of rotatable bonds is 4. The number of carbonyl (C=O) groups excluding carboxylic acids is 1. The van der Waals surface area contributed by atoms with Gasteiger partial charge in [-0.2, -0.15) is 0 Å². The molecule has 4 nitrogen and oxygen atoms in total. The molecule has 0 spiro atoms. The molecule has 2 aromatic carbocycles. The van der Waals surface area contributed by atoms with Crippen LogP contribution in [0, 0.1) is 0 Å². The van der Waals surface area contributed by atoms with E-state index in [1.165, 1.54) is 11.1 Å². The number of anilines is 2. The van der Waals surface area contributed by atoms with E-state index in [1.54, 1.807) is 0 Å². The molecule has 2 aromatic rings. The SMILES string of the molecule is CC(C)c1ccc(NC(=O)CN2CCNCc3ccccc32)cc1. The molecule has 4 heteroatoms. The Labute approximate surface area is 143 Å². The molecule has 1 aliphatic rings. The van der Waals surface area contributed by atoms with E-state index in [0.717, 1.165) is 31.0 Å². The van der Waals surface area contributed by atoms with Crippen LogP contribution < -0.4 is 15.5 Å². The number of benzene rings is 2. The Kier molecular flexibility index (Phi) is 5.16. The molecule has 1 amide bonds. The maximum Gasteiger partial charge on any atom is 0.243 e. The monoisotopic (exact) mass is 323 g/mol. The molecule has 0 saturated heterocycles. The third kappa shape index (κ3) is 3.95. The van der Waals surface area contributed by atoms with Crippen LogP contribution in [0.5, 0.6) is 0 Å². The first kappa shape index (κ1) is 16.5. The molecule has 3 rings (SSSR count). The fourth-order valence-electron chi connectivity index (χ4n) is 3.02. The highest BCUT2D eigenvalue weighted by Gasteiger charge is 2.17. The second kappa shape index (κ2) is 7.49. The van der Waals surface area contributed by atoms with Gasteiger partial charge in [0, 0.05) is 31.0 Å². The van der Waals surface area contributed by atoms with Crippen molar-refractivity contribution in [3.63, 3.8) is 0 Å². The molecule has 24 heavy (non-hydrogen) atoms. The predicted molar refractivity (Wildman–Crippen MR) is 99.5 cm³/mol. The summed E-state index contributed by atoms with van der Waals surface area (Å²) in [6.07, 6.45) is 0. The molecule has 0 radical (unpaired) electrons. The van der Waals surface area contributed by atoms with E-state index in [4.69, 9.17) is 0 Å². The number of carbonyl (C=O) groups is 1. The molecule has 0 saturated carbocycles. The van der Waals surface area contributed by atoms with Gasteiger partial charge in [-0.3, -0.25) is 4.79 Å². The molecule has 0 atom stereocenters. The van der Waals surface area contributed by atoms with Crippen LogP contribution in [0.4, 0.5) is 11.4 Å². The zero-order valence-electron chi connectivity index (χ0n) is 14.4. The Morgan fingerprint density at radius 1 is 1.17 bits per heavy atom. The Hall–Kier alpha value is -2.33. The smallest absolute Gasteiger partial charge is 0.243 e. The highest BCUT2D eigenvalue weighted by molar-refractivity contribution is 5.94. The van der Waals surface area contributed by atoms with Crippen LogP contribution in [0.15, 0.2) is 48.5 Å². The quantitative estimate of drug-likeness (QED) is 0.907. The molecular weight excluding hydrogens is 298 g/mol. The van der Waals surface area contributed by atoms with Gasteiger partial charge in [0.1, 0.15) is 0 Å². The number of hydrogen-bond donors (Lipinski definition) is 2. The topological polar surface area (TPSA) is 44.4 Å². The summed E-state index contributed by atoms with van der Waals surface area (Å²) in [5.41, 5.74) is 4.52. The van der Waals surface area contributed by atoms with E-state index in [-0.39, 0.29) is 5.91 Å². The largest absolute Gasteiger partial charge is 0.361 e. The fourth-order valence-corrected chi connectivity index (χ4v) is 3.02. The molecule has 0 fully saturated rings. The lowest BCUT2D eigenvalue weighted by Crippen LogP contribution is -2.36. The van der Waals surface area contributed by atoms with Crippen LogP contribution >= 0.6 is 0 Å². The lowest BCUT2D eigenvalue weighted by atomic mass is 10.0. The first-order valence-electron chi connectivity index (χ1n) is 8.57. The highest BCUT2D eigenvalue weighted by atomic mass is 16.2. The molecule has 0 aromatic heterocycles. The summed E-state index contributed by atoms with van der Waals surface area (Å²) in [5, 5.41) is 6.41. The standard InChI is InChI=1S/C20H25N3O/c1-15(2)16-7-9-18(10-8-16)22-20(24)14-23-12-11-21-13-17-5-3-4-6-19(17)23/h3-10,15,21H,11-14H2,1-2H3,(H,22,24). The average Bonchev–Trinajstić information content (AvgIpc) is 2.78. The van der Waals surface area contributed by atoms with Gasteiger partial charge in [-0.1, -0.05) is 44.2 Å². The lowest BCUT2D eigenvalue weighted by Gasteiger charge is -2.24. The Bertz CT molecular complexity index is 694. The third-order valence-corrected chi connectivity index (χ3v) is 4.40. The Morgan fingerprint density at radius 2 is 1.92 bits per heavy atom. The Morgan fingerprint density at radius 3 is 2.67 bits per heavy atom. The minimum Gasteiger partial charge on any atom is -0.361 e. The van der Waals surface area contributed by atoms with Crippen molar-refractivity contribution in [2.75, 3.05) is 29.9 Å². The van der Waals surface area contributed by atoms with E-state index < -0.39 is 0 Å². The molecule has 1 aliphatic heterocycles. The summed E-state index contributed by atoms with van der Waals surface area (Å²) in [6, 6.07) is 16.4. The first-order chi connectivity index (χ1) is 11.6. The van der Waals surface area contributed by atoms with Gasteiger partial charge in [0.05, 0.1) is 6.54 Å². The predicted octanol–water partition coefficient (Wildman–Crippen LogP) is 3.36. The van der Waals surface area contributed by atoms with Gasteiger partial charge >= 0.3 is 0 Å². The maximum atomic E-state index is 12.4. The van der Waals surface area contributed by atoms with Gasteiger partial charge in [-0.25, -0.2) is 0 Å². The molecular formula is C20H25N3O. The van der Waals surface area contributed by atoms with Crippen molar-refractivity contribution in [3.8, 4) is 0 Å². The van der Waals surface area contributed by atoms with Crippen LogP contribution in [0.2, 0.25) is 0 Å². The van der Waals surface area contributed by atoms with Crippen LogP contribution in [0.25, 0.3) is 0 Å². The molecule has 0 aliphatic carbocycles. The van der Waals surface area contributed by atoms with Crippen molar-refractivity contribution in [1.82, 2.24) is 5.32 Å². The van der Waals surface area contributed by atoms with E-state index in [0.29, 0.717) is 12.5 Å². The average molecular weight is 323 g/mol. The number of para-hydroxylation sites is 1. The second-order valence-corrected chi connectivity index (χ2v) is 6.55. The summed E-state index contributed by atoms with van der Waals surface area (Å²) in [6.45, 7) is 7.26. The number of amides is 1. The van der Waals surface area contributed by atoms with Gasteiger partial charge in [0.15, 0.2) is 0 Å². The summed E-state index contributed by atoms with van der Waals surface area (Å²) in [5.74, 6) is 0.514. The van der Waals surface area contributed by atoms with E-state index >= 15 is 0 Å². The van der Waals surface area contributed by atoms with Crippen molar-refractivity contribution in [2.24, 2.45) is 0 Å². The molecule has 1 heterocycles.